The van der Waals surface area contributed by atoms with Gasteiger partial charge in [-0.15, -0.1) is 11.8 Å². The molecule has 3 aliphatic rings. The summed E-state index contributed by atoms with van der Waals surface area (Å²) in [6, 6.07) is 4.25. The molecular weight excluding hydrogens is 472 g/mol. The third-order valence-corrected chi connectivity index (χ3v) is 10.5. The number of fused-ring (bicyclic) bond motifs is 5. The number of hydrogen-bond donors (Lipinski definition) is 1. The standard InChI is InChI=1S/C30H46O5S/c1-21-17-23(35-26(32)20-36-16-15-34-14-13-33-12-11-31)18-22-19-25-29(4)9-6-8-28(2,3)24(29)7-10-30(25,5)27(21)22/h17-18,24-25,31H,6-16,19-20H2,1-5H3/t24-,25-,29-,30-/m0/s1. The lowest BCUT2D eigenvalue weighted by Gasteiger charge is -2.61. The molecule has 4 rings (SSSR count). The molecule has 1 aromatic carbocycles. The Kier molecular flexibility index (Phi) is 8.81. The van der Waals surface area contributed by atoms with Gasteiger partial charge in [-0.05, 0) is 95.9 Å². The lowest BCUT2D eigenvalue weighted by atomic mass is 9.43. The smallest absolute Gasteiger partial charge is 0.321 e. The summed E-state index contributed by atoms with van der Waals surface area (Å²) in [5.74, 6) is 2.99. The van der Waals surface area contributed by atoms with E-state index in [1.165, 1.54) is 60.6 Å². The van der Waals surface area contributed by atoms with Gasteiger partial charge in [0.15, 0.2) is 0 Å². The normalized spacial score (nSPS) is 30.4. The predicted molar refractivity (Wildman–Crippen MR) is 146 cm³/mol. The van der Waals surface area contributed by atoms with Crippen molar-refractivity contribution in [1.29, 1.82) is 0 Å². The number of ether oxygens (including phenoxy) is 3. The summed E-state index contributed by atoms with van der Waals surface area (Å²) < 4.78 is 16.4. The van der Waals surface area contributed by atoms with Crippen LogP contribution < -0.4 is 4.74 Å². The number of carbonyl (C=O) groups is 1. The minimum Gasteiger partial charge on any atom is -0.426 e. The molecule has 0 aromatic heterocycles. The molecule has 202 valence electrons. The van der Waals surface area contributed by atoms with Crippen LogP contribution in [0.5, 0.6) is 5.75 Å². The maximum atomic E-state index is 12.5. The van der Waals surface area contributed by atoms with Crippen molar-refractivity contribution in [2.24, 2.45) is 22.7 Å². The van der Waals surface area contributed by atoms with Gasteiger partial charge in [-0.3, -0.25) is 4.79 Å². The largest absolute Gasteiger partial charge is 0.426 e. The van der Waals surface area contributed by atoms with Gasteiger partial charge in [0.25, 0.3) is 0 Å². The lowest BCUT2D eigenvalue weighted by molar-refractivity contribution is -0.131. The van der Waals surface area contributed by atoms with Crippen molar-refractivity contribution in [3.63, 3.8) is 0 Å². The second kappa shape index (κ2) is 11.3. The topological polar surface area (TPSA) is 65.0 Å². The molecule has 36 heavy (non-hydrogen) atoms. The maximum absolute atomic E-state index is 12.5. The first kappa shape index (κ1) is 27.9. The number of aliphatic hydroxyl groups excluding tert-OH is 1. The summed E-state index contributed by atoms with van der Waals surface area (Å²) >= 11 is 1.53. The number of rotatable bonds is 11. The second-order valence-electron chi connectivity index (χ2n) is 12.4. The van der Waals surface area contributed by atoms with E-state index in [4.69, 9.17) is 19.3 Å². The van der Waals surface area contributed by atoms with Crippen molar-refractivity contribution in [3.8, 4) is 5.75 Å². The summed E-state index contributed by atoms with van der Waals surface area (Å²) in [7, 11) is 0. The van der Waals surface area contributed by atoms with Crippen LogP contribution in [0.1, 0.15) is 76.5 Å². The van der Waals surface area contributed by atoms with Crippen molar-refractivity contribution in [2.45, 2.75) is 78.6 Å². The fraction of sp³-hybridized carbons (Fsp3) is 0.767. The monoisotopic (exact) mass is 518 g/mol. The minimum atomic E-state index is -0.201. The lowest BCUT2D eigenvalue weighted by Crippen LogP contribution is -2.55. The maximum Gasteiger partial charge on any atom is 0.321 e. The van der Waals surface area contributed by atoms with E-state index in [2.05, 4.69) is 46.8 Å². The molecule has 3 aliphatic carbocycles. The van der Waals surface area contributed by atoms with E-state index in [1.807, 2.05) is 0 Å². The highest BCUT2D eigenvalue weighted by molar-refractivity contribution is 7.99. The predicted octanol–water partition coefficient (Wildman–Crippen LogP) is 5.72. The van der Waals surface area contributed by atoms with Crippen LogP contribution in [0.15, 0.2) is 12.1 Å². The first-order valence-corrected chi connectivity index (χ1v) is 15.0. The van der Waals surface area contributed by atoms with E-state index in [0.29, 0.717) is 54.7 Å². The summed E-state index contributed by atoms with van der Waals surface area (Å²) in [4.78, 5) is 12.5. The van der Waals surface area contributed by atoms with Crippen LogP contribution in [0.25, 0.3) is 0 Å². The van der Waals surface area contributed by atoms with Gasteiger partial charge in [-0.25, -0.2) is 0 Å². The highest BCUT2D eigenvalue weighted by Crippen LogP contribution is 2.67. The Bertz CT molecular complexity index is 930. The van der Waals surface area contributed by atoms with E-state index in [1.54, 1.807) is 0 Å². The fourth-order valence-electron chi connectivity index (χ4n) is 8.31. The number of esters is 1. The Labute approximate surface area is 222 Å². The van der Waals surface area contributed by atoms with Crippen LogP contribution in [-0.4, -0.2) is 55.6 Å². The third-order valence-electron chi connectivity index (χ3n) is 9.61. The van der Waals surface area contributed by atoms with Gasteiger partial charge in [0.05, 0.1) is 38.8 Å². The van der Waals surface area contributed by atoms with E-state index < -0.39 is 0 Å². The molecule has 1 aromatic rings. The number of hydrogen-bond acceptors (Lipinski definition) is 6. The molecule has 0 spiro atoms. The molecule has 0 saturated heterocycles. The van der Waals surface area contributed by atoms with Crippen molar-refractivity contribution in [1.82, 2.24) is 0 Å². The molecule has 6 heteroatoms. The summed E-state index contributed by atoms with van der Waals surface area (Å²) in [5, 5.41) is 8.67. The number of benzene rings is 1. The van der Waals surface area contributed by atoms with Crippen molar-refractivity contribution in [3.05, 3.63) is 28.8 Å². The molecule has 5 nitrogen and oxygen atoms in total. The zero-order valence-corrected chi connectivity index (χ0v) is 23.8. The van der Waals surface area contributed by atoms with Gasteiger partial charge in [-0.2, -0.15) is 0 Å². The third kappa shape index (κ3) is 5.52. The van der Waals surface area contributed by atoms with Crippen LogP contribution in [0.4, 0.5) is 0 Å². The van der Waals surface area contributed by atoms with Crippen LogP contribution in [0.3, 0.4) is 0 Å². The number of carbonyl (C=O) groups excluding carboxylic acids is 1. The molecular formula is C30H46O5S. The molecule has 0 amide bonds. The Balaban J connectivity index is 1.35. The van der Waals surface area contributed by atoms with E-state index in [-0.39, 0.29) is 18.0 Å². The molecule has 1 N–H and O–H groups in total. The second-order valence-corrected chi connectivity index (χ2v) is 13.5. The van der Waals surface area contributed by atoms with Gasteiger partial charge in [-0.1, -0.05) is 34.1 Å². The van der Waals surface area contributed by atoms with Crippen molar-refractivity contribution < 1.29 is 24.1 Å². The Morgan fingerprint density at radius 3 is 2.53 bits per heavy atom. The Morgan fingerprint density at radius 1 is 1.03 bits per heavy atom. The first-order valence-electron chi connectivity index (χ1n) is 13.8. The molecule has 2 saturated carbocycles. The van der Waals surface area contributed by atoms with E-state index in [9.17, 15) is 4.79 Å². The van der Waals surface area contributed by atoms with Gasteiger partial charge < -0.3 is 19.3 Å². The Hall–Kier alpha value is -1.08. The fourth-order valence-corrected chi connectivity index (χ4v) is 8.92. The van der Waals surface area contributed by atoms with Crippen molar-refractivity contribution in [2.75, 3.05) is 44.5 Å². The highest BCUT2D eigenvalue weighted by Gasteiger charge is 2.61. The number of aryl methyl sites for hydroxylation is 1. The molecule has 4 atom stereocenters. The minimum absolute atomic E-state index is 0.0276. The molecule has 0 heterocycles. The zero-order chi connectivity index (χ0) is 26.0. The van der Waals surface area contributed by atoms with Crippen molar-refractivity contribution >= 4 is 17.7 Å². The van der Waals surface area contributed by atoms with Crippen LogP contribution >= 0.6 is 11.8 Å². The highest BCUT2D eigenvalue weighted by atomic mass is 32.2. The SMILES string of the molecule is Cc1cc(OC(=O)CSCCOCCOCCO)cc2c1[C@@]1(C)CC[C@H]3C(C)(C)CCC[C@]3(C)[C@@H]1C2. The summed E-state index contributed by atoms with van der Waals surface area (Å²) in [5.41, 5.74) is 5.24. The molecule has 0 aliphatic heterocycles. The zero-order valence-electron chi connectivity index (χ0n) is 23.0. The van der Waals surface area contributed by atoms with E-state index in [0.717, 1.165) is 18.1 Å². The average Bonchev–Trinajstić information content (AvgIpc) is 3.11. The first-order chi connectivity index (χ1) is 17.1. The molecule has 0 bridgehead atoms. The van der Waals surface area contributed by atoms with Crippen LogP contribution in [0.2, 0.25) is 0 Å². The number of thioether (sulfide) groups is 1. The average molecular weight is 519 g/mol. The summed E-state index contributed by atoms with van der Waals surface area (Å²) in [6.07, 6.45) is 7.72. The molecule has 0 radical (unpaired) electrons. The Morgan fingerprint density at radius 2 is 1.78 bits per heavy atom. The summed E-state index contributed by atoms with van der Waals surface area (Å²) in [6.45, 7) is 14.2. The van der Waals surface area contributed by atoms with Gasteiger partial charge in [0.2, 0.25) is 0 Å². The van der Waals surface area contributed by atoms with Gasteiger partial charge in [0.1, 0.15) is 5.75 Å². The van der Waals surface area contributed by atoms with Crippen LogP contribution in [-0.2, 0) is 26.1 Å². The van der Waals surface area contributed by atoms with E-state index >= 15 is 0 Å². The van der Waals surface area contributed by atoms with Crippen LogP contribution in [0, 0.1) is 29.6 Å². The quantitative estimate of drug-likeness (QED) is 0.230. The van der Waals surface area contributed by atoms with Gasteiger partial charge >= 0.3 is 5.97 Å². The molecule has 0 unspecified atom stereocenters. The number of aliphatic hydroxyl groups is 1. The molecule has 2 fully saturated rings. The van der Waals surface area contributed by atoms with Gasteiger partial charge in [0, 0.05) is 5.75 Å².